The molecule has 1 heterocycles. The number of carbonyl (C=O) groups is 2. The minimum Gasteiger partial charge on any atom is -0.482 e. The van der Waals surface area contributed by atoms with Crippen molar-refractivity contribution in [2.75, 3.05) is 23.9 Å². The van der Waals surface area contributed by atoms with E-state index in [2.05, 4.69) is 5.32 Å². The second-order valence-corrected chi connectivity index (χ2v) is 5.16. The molecule has 0 unspecified atom stereocenters. The SMILES string of the molecule is CN1C(=O)COc2ccc(NC(=O)/C=C/c3ccccc3)cc21. The Hall–Kier alpha value is -3.08. The summed E-state index contributed by atoms with van der Waals surface area (Å²) in [6.45, 7) is 0.0367. The molecule has 0 aliphatic carbocycles. The molecule has 0 spiro atoms. The number of carbonyl (C=O) groups excluding carboxylic acids is 2. The van der Waals surface area contributed by atoms with Crippen molar-refractivity contribution in [2.45, 2.75) is 0 Å². The van der Waals surface area contributed by atoms with Crippen molar-refractivity contribution in [2.24, 2.45) is 0 Å². The highest BCUT2D eigenvalue weighted by Crippen LogP contribution is 2.33. The predicted octanol–water partition coefficient (Wildman–Crippen LogP) is 2.69. The molecule has 2 amide bonds. The molecule has 5 heteroatoms. The summed E-state index contributed by atoms with van der Waals surface area (Å²) in [5.41, 5.74) is 2.20. The number of hydrogen-bond acceptors (Lipinski definition) is 3. The van der Waals surface area contributed by atoms with E-state index < -0.39 is 0 Å². The van der Waals surface area contributed by atoms with E-state index in [0.717, 1.165) is 5.56 Å². The van der Waals surface area contributed by atoms with Gasteiger partial charge in [-0.2, -0.15) is 0 Å². The molecular weight excluding hydrogens is 292 g/mol. The number of ether oxygens (including phenoxy) is 1. The van der Waals surface area contributed by atoms with Gasteiger partial charge in [0.25, 0.3) is 5.91 Å². The normalized spacial score (nSPS) is 13.6. The highest BCUT2D eigenvalue weighted by Gasteiger charge is 2.22. The van der Waals surface area contributed by atoms with Gasteiger partial charge in [-0.1, -0.05) is 30.3 Å². The van der Waals surface area contributed by atoms with Gasteiger partial charge in [-0.05, 0) is 29.8 Å². The van der Waals surface area contributed by atoms with E-state index in [0.29, 0.717) is 17.1 Å². The Labute approximate surface area is 134 Å². The van der Waals surface area contributed by atoms with Gasteiger partial charge >= 0.3 is 0 Å². The first-order valence-electron chi connectivity index (χ1n) is 7.21. The number of anilines is 2. The van der Waals surface area contributed by atoms with Crippen molar-refractivity contribution in [3.8, 4) is 5.75 Å². The fraction of sp³-hybridized carbons (Fsp3) is 0.111. The maximum Gasteiger partial charge on any atom is 0.264 e. The van der Waals surface area contributed by atoms with Gasteiger partial charge in [-0.3, -0.25) is 9.59 Å². The molecule has 0 saturated heterocycles. The molecule has 3 rings (SSSR count). The lowest BCUT2D eigenvalue weighted by atomic mass is 10.2. The first-order valence-corrected chi connectivity index (χ1v) is 7.21. The van der Waals surface area contributed by atoms with Gasteiger partial charge < -0.3 is 15.0 Å². The summed E-state index contributed by atoms with van der Waals surface area (Å²) in [6, 6.07) is 14.8. The van der Waals surface area contributed by atoms with Crippen LogP contribution in [0.4, 0.5) is 11.4 Å². The van der Waals surface area contributed by atoms with Crippen LogP contribution < -0.4 is 15.0 Å². The van der Waals surface area contributed by atoms with Gasteiger partial charge in [-0.25, -0.2) is 0 Å². The smallest absolute Gasteiger partial charge is 0.264 e. The minimum absolute atomic E-state index is 0.0367. The first-order chi connectivity index (χ1) is 11.1. The van der Waals surface area contributed by atoms with E-state index in [1.165, 1.54) is 11.0 Å². The first kappa shape index (κ1) is 14.8. The van der Waals surface area contributed by atoms with Crippen molar-refractivity contribution in [3.63, 3.8) is 0 Å². The van der Waals surface area contributed by atoms with E-state index in [9.17, 15) is 9.59 Å². The van der Waals surface area contributed by atoms with Crippen LogP contribution in [0.15, 0.2) is 54.6 Å². The fourth-order valence-corrected chi connectivity index (χ4v) is 2.27. The lowest BCUT2D eigenvalue weighted by Gasteiger charge is -2.26. The zero-order chi connectivity index (χ0) is 16.2. The molecule has 0 saturated carbocycles. The third-order valence-electron chi connectivity index (χ3n) is 3.54. The summed E-state index contributed by atoms with van der Waals surface area (Å²) < 4.78 is 5.35. The van der Waals surface area contributed by atoms with Crippen molar-refractivity contribution in [1.82, 2.24) is 0 Å². The molecule has 1 N–H and O–H groups in total. The maximum absolute atomic E-state index is 12.0. The number of hydrogen-bond donors (Lipinski definition) is 1. The Kier molecular flexibility index (Phi) is 4.10. The molecule has 5 nitrogen and oxygen atoms in total. The van der Waals surface area contributed by atoms with E-state index in [1.54, 1.807) is 31.3 Å². The topological polar surface area (TPSA) is 58.6 Å². The highest BCUT2D eigenvalue weighted by molar-refractivity contribution is 6.03. The van der Waals surface area contributed by atoms with Crippen LogP contribution in [0, 0.1) is 0 Å². The second kappa shape index (κ2) is 6.36. The van der Waals surface area contributed by atoms with Gasteiger partial charge in [0.2, 0.25) is 5.91 Å². The Morgan fingerprint density at radius 3 is 2.78 bits per heavy atom. The van der Waals surface area contributed by atoms with Crippen molar-refractivity contribution in [1.29, 1.82) is 0 Å². The van der Waals surface area contributed by atoms with Crippen molar-refractivity contribution >= 4 is 29.3 Å². The summed E-state index contributed by atoms with van der Waals surface area (Å²) in [7, 11) is 1.69. The molecule has 0 atom stereocenters. The molecule has 1 aliphatic heterocycles. The lowest BCUT2D eigenvalue weighted by Crippen LogP contribution is -2.35. The molecule has 1 aliphatic rings. The molecule has 0 aromatic heterocycles. The van der Waals surface area contributed by atoms with Crippen LogP contribution in [-0.2, 0) is 9.59 Å². The number of amides is 2. The fourth-order valence-electron chi connectivity index (χ4n) is 2.27. The van der Waals surface area contributed by atoms with E-state index in [1.807, 2.05) is 30.3 Å². The number of likely N-dealkylation sites (N-methyl/N-ethyl adjacent to an activating group) is 1. The van der Waals surface area contributed by atoms with Gasteiger partial charge in [0.05, 0.1) is 5.69 Å². The standard InChI is InChI=1S/C18H16N2O3/c1-20-15-11-14(8-9-16(15)23-12-18(20)22)19-17(21)10-7-13-5-3-2-4-6-13/h2-11H,12H2,1H3,(H,19,21)/b10-7+. The van der Waals surface area contributed by atoms with Crippen LogP contribution in [-0.4, -0.2) is 25.5 Å². The zero-order valence-electron chi connectivity index (χ0n) is 12.7. The summed E-state index contributed by atoms with van der Waals surface area (Å²) in [4.78, 5) is 25.2. The Balaban J connectivity index is 1.72. The molecule has 0 fully saturated rings. The molecule has 0 bridgehead atoms. The number of nitrogens with zero attached hydrogens (tertiary/aromatic N) is 1. The maximum atomic E-state index is 12.0. The van der Waals surface area contributed by atoms with Crippen LogP contribution in [0.2, 0.25) is 0 Å². The number of nitrogens with one attached hydrogen (secondary N) is 1. The van der Waals surface area contributed by atoms with Crippen LogP contribution in [0.5, 0.6) is 5.75 Å². The lowest BCUT2D eigenvalue weighted by molar-refractivity contribution is -0.121. The Morgan fingerprint density at radius 2 is 2.00 bits per heavy atom. The largest absolute Gasteiger partial charge is 0.482 e. The minimum atomic E-state index is -0.237. The second-order valence-electron chi connectivity index (χ2n) is 5.16. The van der Waals surface area contributed by atoms with Crippen LogP contribution >= 0.6 is 0 Å². The van der Waals surface area contributed by atoms with E-state index in [-0.39, 0.29) is 18.4 Å². The van der Waals surface area contributed by atoms with Crippen LogP contribution in [0.3, 0.4) is 0 Å². The molecule has 2 aromatic carbocycles. The van der Waals surface area contributed by atoms with Crippen molar-refractivity contribution < 1.29 is 14.3 Å². The number of benzene rings is 2. The molecule has 0 radical (unpaired) electrons. The molecule has 116 valence electrons. The summed E-state index contributed by atoms with van der Waals surface area (Å²) in [5.74, 6) is 0.273. The number of rotatable bonds is 3. The summed E-state index contributed by atoms with van der Waals surface area (Å²) in [6.07, 6.45) is 3.21. The third kappa shape index (κ3) is 3.40. The van der Waals surface area contributed by atoms with Crippen molar-refractivity contribution in [3.05, 3.63) is 60.2 Å². The zero-order valence-corrected chi connectivity index (χ0v) is 12.7. The number of fused-ring (bicyclic) bond motifs is 1. The van der Waals surface area contributed by atoms with E-state index >= 15 is 0 Å². The molecule has 23 heavy (non-hydrogen) atoms. The molecule has 2 aromatic rings. The average molecular weight is 308 g/mol. The van der Waals surface area contributed by atoms with Gasteiger partial charge in [0, 0.05) is 18.8 Å². The highest BCUT2D eigenvalue weighted by atomic mass is 16.5. The Morgan fingerprint density at radius 1 is 1.22 bits per heavy atom. The summed E-state index contributed by atoms with van der Waals surface area (Å²) >= 11 is 0. The monoisotopic (exact) mass is 308 g/mol. The van der Waals surface area contributed by atoms with E-state index in [4.69, 9.17) is 4.74 Å². The Bertz CT molecular complexity index is 769. The quantitative estimate of drug-likeness (QED) is 0.887. The average Bonchev–Trinajstić information content (AvgIpc) is 2.58. The van der Waals surface area contributed by atoms with Gasteiger partial charge in [-0.15, -0.1) is 0 Å². The summed E-state index contributed by atoms with van der Waals surface area (Å²) in [5, 5.41) is 2.78. The van der Waals surface area contributed by atoms with Crippen LogP contribution in [0.25, 0.3) is 6.08 Å². The van der Waals surface area contributed by atoms with Crippen LogP contribution in [0.1, 0.15) is 5.56 Å². The van der Waals surface area contributed by atoms with Gasteiger partial charge in [0.15, 0.2) is 6.61 Å². The third-order valence-corrected chi connectivity index (χ3v) is 3.54. The van der Waals surface area contributed by atoms with Gasteiger partial charge in [0.1, 0.15) is 5.75 Å². The molecular formula is C18H16N2O3. The predicted molar refractivity (Wildman–Crippen MR) is 89.5 cm³/mol.